The van der Waals surface area contributed by atoms with Gasteiger partial charge in [-0.05, 0) is 20.8 Å². The third-order valence-electron chi connectivity index (χ3n) is 3.31. The number of aliphatic hydroxyl groups excluding tert-OH is 1. The normalized spacial score (nSPS) is 28.3. The Morgan fingerprint density at radius 1 is 1.12 bits per heavy atom. The van der Waals surface area contributed by atoms with Crippen molar-refractivity contribution in [3.05, 3.63) is 0 Å². The van der Waals surface area contributed by atoms with Crippen LogP contribution in [0.3, 0.4) is 0 Å². The highest BCUT2D eigenvalue weighted by Crippen LogP contribution is 1.89. The largest absolute Gasteiger partial charge is 0.385 e. The highest BCUT2D eigenvalue weighted by atomic mass is 16.5. The van der Waals surface area contributed by atoms with Crippen molar-refractivity contribution in [3.8, 4) is 0 Å². The lowest BCUT2D eigenvalue weighted by atomic mass is 10.2. The van der Waals surface area contributed by atoms with Gasteiger partial charge in [-0.1, -0.05) is 0 Å². The molecule has 4 heteroatoms. The number of quaternary nitrogens is 2. The first-order valence-corrected chi connectivity index (χ1v) is 6.58. The summed E-state index contributed by atoms with van der Waals surface area (Å²) >= 11 is 0. The van der Waals surface area contributed by atoms with Crippen molar-refractivity contribution < 1.29 is 19.6 Å². The SMILES string of the molecule is CC[NH+]1CC[NH+](CC(O)COC(C)C)CC1. The fraction of sp³-hybridized carbons (Fsp3) is 1.00. The van der Waals surface area contributed by atoms with Gasteiger partial charge in [-0.3, -0.25) is 0 Å². The Balaban J connectivity index is 2.13. The first-order valence-electron chi connectivity index (χ1n) is 6.58. The molecule has 0 aliphatic carbocycles. The average molecular weight is 232 g/mol. The Hall–Kier alpha value is -0.160. The zero-order chi connectivity index (χ0) is 12.0. The topological polar surface area (TPSA) is 38.3 Å². The van der Waals surface area contributed by atoms with E-state index in [9.17, 15) is 5.11 Å². The molecular weight excluding hydrogens is 204 g/mol. The van der Waals surface area contributed by atoms with Crippen LogP contribution in [0.4, 0.5) is 0 Å². The molecule has 1 fully saturated rings. The molecule has 0 aromatic rings. The first-order chi connectivity index (χ1) is 7.61. The lowest BCUT2D eigenvalue weighted by Crippen LogP contribution is -3.28. The number of likely N-dealkylation sites (N-methyl/N-ethyl adjacent to an activating group) is 1. The highest BCUT2D eigenvalue weighted by Gasteiger charge is 2.23. The molecule has 1 aliphatic heterocycles. The van der Waals surface area contributed by atoms with Crippen LogP contribution in [0.2, 0.25) is 0 Å². The molecule has 0 spiro atoms. The maximum atomic E-state index is 9.82. The minimum absolute atomic E-state index is 0.214. The van der Waals surface area contributed by atoms with E-state index in [1.807, 2.05) is 13.8 Å². The second-order valence-corrected chi connectivity index (χ2v) is 5.09. The van der Waals surface area contributed by atoms with Crippen molar-refractivity contribution in [3.63, 3.8) is 0 Å². The Kier molecular flexibility index (Phi) is 6.28. The molecule has 1 aliphatic rings. The minimum atomic E-state index is -0.305. The Labute approximate surface area is 99.2 Å². The fourth-order valence-corrected chi connectivity index (χ4v) is 2.21. The van der Waals surface area contributed by atoms with Crippen LogP contribution in [0.25, 0.3) is 0 Å². The number of nitrogens with one attached hydrogen (secondary N) is 2. The van der Waals surface area contributed by atoms with Gasteiger partial charge in [0.05, 0.1) is 19.3 Å². The van der Waals surface area contributed by atoms with Gasteiger partial charge in [0.1, 0.15) is 38.8 Å². The van der Waals surface area contributed by atoms with Crippen LogP contribution in [0.15, 0.2) is 0 Å². The number of piperazine rings is 1. The first kappa shape index (κ1) is 13.9. The summed E-state index contributed by atoms with van der Waals surface area (Å²) in [5, 5.41) is 9.82. The summed E-state index contributed by atoms with van der Waals surface area (Å²) in [5.74, 6) is 0. The third kappa shape index (κ3) is 5.25. The van der Waals surface area contributed by atoms with Crippen molar-refractivity contribution >= 4 is 0 Å². The van der Waals surface area contributed by atoms with Crippen LogP contribution in [-0.2, 0) is 4.74 Å². The molecule has 0 aromatic heterocycles. The maximum Gasteiger partial charge on any atom is 0.127 e. The standard InChI is InChI=1S/C12H26N2O2/c1-4-13-5-7-14(8-6-13)9-12(15)10-16-11(2)3/h11-12,15H,4-10H2,1-3H3/p+2. The molecule has 3 N–H and O–H groups in total. The Bertz CT molecular complexity index is 180. The highest BCUT2D eigenvalue weighted by molar-refractivity contribution is 4.52. The van der Waals surface area contributed by atoms with Gasteiger partial charge in [0.25, 0.3) is 0 Å². The van der Waals surface area contributed by atoms with E-state index in [4.69, 9.17) is 4.74 Å². The van der Waals surface area contributed by atoms with E-state index in [2.05, 4.69) is 6.92 Å². The number of hydrogen-bond acceptors (Lipinski definition) is 2. The summed E-state index contributed by atoms with van der Waals surface area (Å²) in [4.78, 5) is 3.22. The lowest BCUT2D eigenvalue weighted by molar-refractivity contribution is -1.01. The van der Waals surface area contributed by atoms with Crippen LogP contribution >= 0.6 is 0 Å². The van der Waals surface area contributed by atoms with E-state index < -0.39 is 0 Å². The maximum absolute atomic E-state index is 9.82. The molecule has 0 amide bonds. The van der Waals surface area contributed by atoms with E-state index in [-0.39, 0.29) is 12.2 Å². The predicted octanol–water partition coefficient (Wildman–Crippen LogP) is -2.42. The molecule has 1 heterocycles. The van der Waals surface area contributed by atoms with Gasteiger partial charge < -0.3 is 19.6 Å². The summed E-state index contributed by atoms with van der Waals surface area (Å²) in [7, 11) is 0. The molecular formula is C12H28N2O2+2. The fourth-order valence-electron chi connectivity index (χ4n) is 2.21. The van der Waals surface area contributed by atoms with Crippen molar-refractivity contribution in [2.45, 2.75) is 33.0 Å². The Morgan fingerprint density at radius 3 is 2.19 bits per heavy atom. The van der Waals surface area contributed by atoms with Crippen LogP contribution in [0, 0.1) is 0 Å². The van der Waals surface area contributed by atoms with E-state index >= 15 is 0 Å². The second-order valence-electron chi connectivity index (χ2n) is 5.09. The average Bonchev–Trinajstić information content (AvgIpc) is 2.27. The lowest BCUT2D eigenvalue weighted by Gasteiger charge is -2.30. The van der Waals surface area contributed by atoms with E-state index in [1.165, 1.54) is 37.6 Å². The molecule has 96 valence electrons. The van der Waals surface area contributed by atoms with Crippen molar-refractivity contribution in [2.24, 2.45) is 0 Å². The van der Waals surface area contributed by atoms with Gasteiger partial charge >= 0.3 is 0 Å². The van der Waals surface area contributed by atoms with Gasteiger partial charge in [-0.25, -0.2) is 0 Å². The van der Waals surface area contributed by atoms with Gasteiger partial charge in [0.2, 0.25) is 0 Å². The summed E-state index contributed by atoms with van der Waals surface area (Å²) < 4.78 is 5.42. The molecule has 16 heavy (non-hydrogen) atoms. The molecule has 0 radical (unpaired) electrons. The van der Waals surface area contributed by atoms with Crippen LogP contribution in [0.5, 0.6) is 0 Å². The second kappa shape index (κ2) is 7.22. The summed E-state index contributed by atoms with van der Waals surface area (Å²) in [5.41, 5.74) is 0. The monoisotopic (exact) mass is 232 g/mol. The van der Waals surface area contributed by atoms with Gasteiger partial charge in [0, 0.05) is 0 Å². The van der Waals surface area contributed by atoms with Crippen molar-refractivity contribution in [1.29, 1.82) is 0 Å². The molecule has 1 atom stereocenters. The van der Waals surface area contributed by atoms with Crippen molar-refractivity contribution in [2.75, 3.05) is 45.9 Å². The van der Waals surface area contributed by atoms with Gasteiger partial charge in [-0.15, -0.1) is 0 Å². The Morgan fingerprint density at radius 2 is 1.69 bits per heavy atom. The summed E-state index contributed by atoms with van der Waals surface area (Å²) in [6.07, 6.45) is -0.0911. The molecule has 1 unspecified atom stereocenters. The van der Waals surface area contributed by atoms with E-state index in [1.54, 1.807) is 4.90 Å². The van der Waals surface area contributed by atoms with Crippen LogP contribution in [0.1, 0.15) is 20.8 Å². The van der Waals surface area contributed by atoms with E-state index in [0.717, 1.165) is 6.54 Å². The van der Waals surface area contributed by atoms with E-state index in [0.29, 0.717) is 6.61 Å². The molecule has 0 saturated carbocycles. The number of hydrogen-bond donors (Lipinski definition) is 3. The van der Waals surface area contributed by atoms with Crippen molar-refractivity contribution in [1.82, 2.24) is 0 Å². The zero-order valence-corrected chi connectivity index (χ0v) is 11.0. The van der Waals surface area contributed by atoms with Crippen LogP contribution < -0.4 is 9.80 Å². The molecule has 0 bridgehead atoms. The zero-order valence-electron chi connectivity index (χ0n) is 11.0. The van der Waals surface area contributed by atoms with Gasteiger partial charge in [0.15, 0.2) is 0 Å². The summed E-state index contributed by atoms with van der Waals surface area (Å²) in [6, 6.07) is 0. The summed E-state index contributed by atoms with van der Waals surface area (Å²) in [6.45, 7) is 13.6. The predicted molar refractivity (Wildman–Crippen MR) is 63.9 cm³/mol. The number of rotatable bonds is 6. The molecule has 0 aromatic carbocycles. The van der Waals surface area contributed by atoms with Crippen LogP contribution in [-0.4, -0.2) is 63.2 Å². The molecule has 4 nitrogen and oxygen atoms in total. The molecule has 1 saturated heterocycles. The third-order valence-corrected chi connectivity index (χ3v) is 3.31. The number of ether oxygens (including phenoxy) is 1. The number of aliphatic hydroxyl groups is 1. The minimum Gasteiger partial charge on any atom is -0.385 e. The smallest absolute Gasteiger partial charge is 0.127 e. The quantitative estimate of drug-likeness (QED) is 0.477. The van der Waals surface area contributed by atoms with Gasteiger partial charge in [-0.2, -0.15) is 0 Å². The molecule has 1 rings (SSSR count).